The molecule has 0 unspecified atom stereocenters. The summed E-state index contributed by atoms with van der Waals surface area (Å²) >= 11 is 0. The third kappa shape index (κ3) is 2.30. The summed E-state index contributed by atoms with van der Waals surface area (Å²) < 4.78 is 6.39. The van der Waals surface area contributed by atoms with E-state index in [4.69, 9.17) is 4.74 Å². The maximum atomic E-state index is 12.5. The molecule has 0 radical (unpaired) electrons. The Morgan fingerprint density at radius 3 is 2.88 bits per heavy atom. The minimum Gasteiger partial charge on any atom is -0.461 e. The van der Waals surface area contributed by atoms with Gasteiger partial charge < -0.3 is 9.64 Å². The number of imidazole rings is 1. The average molecular weight is 330 g/mol. The Hall–Kier alpha value is -3.23. The van der Waals surface area contributed by atoms with Crippen LogP contribution in [0.3, 0.4) is 0 Å². The van der Waals surface area contributed by atoms with Crippen molar-refractivity contribution in [3.63, 3.8) is 0 Å². The molecule has 124 valence electrons. The molecule has 9 heteroatoms. The molecule has 0 saturated carbocycles. The largest absolute Gasteiger partial charge is 0.461 e. The molecule has 2 heterocycles. The number of nitro groups is 1. The molecule has 1 aliphatic rings. The van der Waals surface area contributed by atoms with Gasteiger partial charge in [-0.1, -0.05) is 6.07 Å². The van der Waals surface area contributed by atoms with Gasteiger partial charge in [0.1, 0.15) is 12.0 Å². The van der Waals surface area contributed by atoms with Crippen LogP contribution < -0.4 is 0 Å². The summed E-state index contributed by atoms with van der Waals surface area (Å²) in [6.07, 6.45) is 1.31. The van der Waals surface area contributed by atoms with Gasteiger partial charge in [0, 0.05) is 13.1 Å². The van der Waals surface area contributed by atoms with Crippen molar-refractivity contribution in [3.8, 4) is 5.69 Å². The molecule has 0 saturated heterocycles. The van der Waals surface area contributed by atoms with E-state index in [1.807, 2.05) is 0 Å². The molecule has 1 aliphatic heterocycles. The minimum atomic E-state index is -0.630. The molecular formula is C15H14N4O5. The molecule has 0 N–H and O–H groups in total. The number of nitro benzene ring substituents is 1. The molecule has 0 fully saturated rings. The van der Waals surface area contributed by atoms with Gasteiger partial charge in [-0.05, 0) is 13.0 Å². The number of rotatable bonds is 3. The molecule has 2 aromatic rings. The molecule has 1 aromatic heterocycles. The highest BCUT2D eigenvalue weighted by Crippen LogP contribution is 2.32. The molecule has 3 rings (SSSR count). The van der Waals surface area contributed by atoms with Crippen LogP contribution in [-0.4, -0.2) is 44.9 Å². The number of aromatic nitrogens is 2. The number of esters is 1. The zero-order valence-corrected chi connectivity index (χ0v) is 13.1. The van der Waals surface area contributed by atoms with E-state index >= 15 is 0 Å². The van der Waals surface area contributed by atoms with E-state index in [9.17, 15) is 19.7 Å². The van der Waals surface area contributed by atoms with Crippen LogP contribution in [-0.2, 0) is 11.3 Å². The Labute approximate surface area is 136 Å². The van der Waals surface area contributed by atoms with Crippen molar-refractivity contribution in [2.75, 3.05) is 13.7 Å². The van der Waals surface area contributed by atoms with Crippen LogP contribution in [0.5, 0.6) is 0 Å². The van der Waals surface area contributed by atoms with Crippen molar-refractivity contribution in [3.05, 3.63) is 51.6 Å². The lowest BCUT2D eigenvalue weighted by atomic mass is 10.1. The van der Waals surface area contributed by atoms with Crippen LogP contribution in [0.2, 0.25) is 0 Å². The number of ether oxygens (including phenoxy) is 1. The van der Waals surface area contributed by atoms with Crippen molar-refractivity contribution >= 4 is 17.6 Å². The number of carbonyl (C=O) groups is 2. The topological polar surface area (TPSA) is 108 Å². The van der Waals surface area contributed by atoms with Crippen LogP contribution in [0.25, 0.3) is 5.69 Å². The molecule has 24 heavy (non-hydrogen) atoms. The second-order valence-corrected chi connectivity index (χ2v) is 5.22. The third-order valence-corrected chi connectivity index (χ3v) is 3.75. The van der Waals surface area contributed by atoms with Gasteiger partial charge in [-0.15, -0.1) is 0 Å². The van der Waals surface area contributed by atoms with Gasteiger partial charge >= 0.3 is 5.97 Å². The lowest BCUT2D eigenvalue weighted by molar-refractivity contribution is -0.384. The molecule has 0 spiro atoms. The zero-order chi connectivity index (χ0) is 17.4. The molecule has 0 atom stereocenters. The van der Waals surface area contributed by atoms with Crippen LogP contribution in [0, 0.1) is 10.1 Å². The summed E-state index contributed by atoms with van der Waals surface area (Å²) in [7, 11) is 1.56. The van der Waals surface area contributed by atoms with E-state index in [1.54, 1.807) is 14.0 Å². The number of amides is 1. The van der Waals surface area contributed by atoms with Gasteiger partial charge in [-0.3, -0.25) is 19.5 Å². The van der Waals surface area contributed by atoms with Crippen LogP contribution >= 0.6 is 0 Å². The highest BCUT2D eigenvalue weighted by atomic mass is 16.6. The molecule has 0 bridgehead atoms. The maximum Gasteiger partial charge on any atom is 0.358 e. The van der Waals surface area contributed by atoms with E-state index < -0.39 is 10.9 Å². The summed E-state index contributed by atoms with van der Waals surface area (Å²) in [4.78, 5) is 40.9. The van der Waals surface area contributed by atoms with Gasteiger partial charge in [-0.2, -0.15) is 0 Å². The zero-order valence-electron chi connectivity index (χ0n) is 13.1. The quantitative estimate of drug-likeness (QED) is 0.480. The first-order valence-electron chi connectivity index (χ1n) is 7.22. The minimum absolute atomic E-state index is 0.0440. The third-order valence-electron chi connectivity index (χ3n) is 3.75. The maximum absolute atomic E-state index is 12.5. The fourth-order valence-corrected chi connectivity index (χ4v) is 2.69. The monoisotopic (exact) mass is 330 g/mol. The van der Waals surface area contributed by atoms with Gasteiger partial charge in [0.2, 0.25) is 0 Å². The second kappa shape index (κ2) is 5.76. The normalized spacial score (nSPS) is 13.1. The fourth-order valence-electron chi connectivity index (χ4n) is 2.69. The molecule has 9 nitrogen and oxygen atoms in total. The lowest BCUT2D eigenvalue weighted by Crippen LogP contribution is -2.26. The molecule has 1 amide bonds. The van der Waals surface area contributed by atoms with Crippen molar-refractivity contribution in [2.24, 2.45) is 0 Å². The number of para-hydroxylation sites is 1. The van der Waals surface area contributed by atoms with Crippen molar-refractivity contribution in [1.29, 1.82) is 0 Å². The fraction of sp³-hybridized carbons (Fsp3) is 0.267. The summed E-state index contributed by atoms with van der Waals surface area (Å²) in [6, 6.07) is 4.28. The predicted octanol–water partition coefficient (Wildman–Crippen LogP) is 1.54. The van der Waals surface area contributed by atoms with E-state index in [0.717, 1.165) is 0 Å². The first-order chi connectivity index (χ1) is 11.5. The van der Waals surface area contributed by atoms with Crippen molar-refractivity contribution < 1.29 is 19.2 Å². The highest BCUT2D eigenvalue weighted by Gasteiger charge is 2.33. The van der Waals surface area contributed by atoms with E-state index in [2.05, 4.69) is 4.98 Å². The van der Waals surface area contributed by atoms with Gasteiger partial charge in [0.15, 0.2) is 5.69 Å². The Bertz CT molecular complexity index is 858. The average Bonchev–Trinajstić information content (AvgIpc) is 2.92. The summed E-state index contributed by atoms with van der Waals surface area (Å²) in [5.41, 5.74) is 0.471. The first kappa shape index (κ1) is 15.7. The SMILES string of the molecule is CCOC(=O)c1ncn2c1CN(C)C(=O)c1cccc([N+](=O)[O-])c1-2. The van der Waals surface area contributed by atoms with Gasteiger partial charge in [-0.25, -0.2) is 9.78 Å². The highest BCUT2D eigenvalue weighted by molar-refractivity contribution is 6.00. The number of benzene rings is 1. The standard InChI is InChI=1S/C15H14N4O5/c1-3-24-15(21)12-11-7-17(2)14(20)9-5-4-6-10(19(22)23)13(9)18(11)8-16-12/h4-6,8H,3,7H2,1-2H3. The van der Waals surface area contributed by atoms with Crippen LogP contribution in [0.1, 0.15) is 33.5 Å². The number of hydrogen-bond acceptors (Lipinski definition) is 6. The molecular weight excluding hydrogens is 316 g/mol. The molecule has 1 aromatic carbocycles. The number of fused-ring (bicyclic) bond motifs is 3. The van der Waals surface area contributed by atoms with Crippen molar-refractivity contribution in [1.82, 2.24) is 14.5 Å². The van der Waals surface area contributed by atoms with Gasteiger partial charge in [0.25, 0.3) is 11.6 Å². The van der Waals surface area contributed by atoms with Gasteiger partial charge in [0.05, 0.1) is 29.3 Å². The second-order valence-electron chi connectivity index (χ2n) is 5.22. The Morgan fingerprint density at radius 1 is 1.46 bits per heavy atom. The van der Waals surface area contributed by atoms with E-state index in [1.165, 1.54) is 34.0 Å². The summed E-state index contributed by atoms with van der Waals surface area (Å²) in [6.45, 7) is 1.93. The lowest BCUT2D eigenvalue weighted by Gasteiger charge is -2.14. The van der Waals surface area contributed by atoms with Crippen LogP contribution in [0.15, 0.2) is 24.5 Å². The number of hydrogen-bond donors (Lipinski definition) is 0. The molecule has 0 aliphatic carbocycles. The van der Waals surface area contributed by atoms with Crippen LogP contribution in [0.4, 0.5) is 5.69 Å². The Morgan fingerprint density at radius 2 is 2.21 bits per heavy atom. The predicted molar refractivity (Wildman–Crippen MR) is 82.0 cm³/mol. The Kier molecular flexibility index (Phi) is 3.76. The van der Waals surface area contributed by atoms with Crippen molar-refractivity contribution in [2.45, 2.75) is 13.5 Å². The van der Waals surface area contributed by atoms with E-state index in [-0.39, 0.29) is 41.7 Å². The smallest absolute Gasteiger partial charge is 0.358 e. The summed E-state index contributed by atoms with van der Waals surface area (Å²) in [5.74, 6) is -0.999. The first-order valence-corrected chi connectivity index (χ1v) is 7.22. The summed E-state index contributed by atoms with van der Waals surface area (Å²) in [5, 5.41) is 11.4. The number of nitrogens with zero attached hydrogens (tertiary/aromatic N) is 4. The van der Waals surface area contributed by atoms with E-state index in [0.29, 0.717) is 5.69 Å². The number of carbonyl (C=O) groups excluding carboxylic acids is 2. The Balaban J connectivity index is 2.29.